The van der Waals surface area contributed by atoms with Crippen molar-refractivity contribution in [2.75, 3.05) is 33.8 Å². The second-order valence-electron chi connectivity index (χ2n) is 6.25. The lowest BCUT2D eigenvalue weighted by atomic mass is 10.1. The molecule has 0 aromatic heterocycles. The van der Waals surface area contributed by atoms with Crippen molar-refractivity contribution in [2.24, 2.45) is 0 Å². The Bertz CT molecular complexity index is 583. The van der Waals surface area contributed by atoms with Crippen LogP contribution in [0.3, 0.4) is 0 Å². The number of nitrogens with zero attached hydrogens (tertiary/aromatic N) is 2. The van der Waals surface area contributed by atoms with Gasteiger partial charge in [0.05, 0.1) is 18.7 Å². The van der Waals surface area contributed by atoms with E-state index in [1.807, 2.05) is 18.0 Å². The Balaban J connectivity index is 2.01. The van der Waals surface area contributed by atoms with Gasteiger partial charge in [0, 0.05) is 23.2 Å². The van der Waals surface area contributed by atoms with Crippen molar-refractivity contribution < 1.29 is 14.6 Å². The molecule has 0 aliphatic carbocycles. The predicted octanol–water partition coefficient (Wildman–Crippen LogP) is 3.37. The summed E-state index contributed by atoms with van der Waals surface area (Å²) < 4.78 is 5.42. The maximum Gasteiger partial charge on any atom is 0.317 e. The first-order chi connectivity index (χ1) is 11.4. The highest BCUT2D eigenvalue weighted by Crippen LogP contribution is 2.33. The van der Waals surface area contributed by atoms with Gasteiger partial charge < -0.3 is 9.84 Å². The second kappa shape index (κ2) is 8.90. The number of halogens is 2. The van der Waals surface area contributed by atoms with Crippen LogP contribution in [0.25, 0.3) is 0 Å². The first-order valence-electron chi connectivity index (χ1n) is 8.07. The molecule has 1 saturated heterocycles. The molecule has 0 bridgehead atoms. The van der Waals surface area contributed by atoms with Gasteiger partial charge in [-0.2, -0.15) is 0 Å². The van der Waals surface area contributed by atoms with Gasteiger partial charge in [-0.05, 0) is 51.5 Å². The smallest absolute Gasteiger partial charge is 0.317 e. The molecule has 1 N–H and O–H groups in total. The van der Waals surface area contributed by atoms with Crippen LogP contribution in [0, 0.1) is 0 Å². The van der Waals surface area contributed by atoms with Crippen molar-refractivity contribution in [3.63, 3.8) is 0 Å². The normalized spacial score (nSPS) is 19.3. The van der Waals surface area contributed by atoms with Crippen LogP contribution in [0.4, 0.5) is 0 Å². The van der Waals surface area contributed by atoms with Crippen LogP contribution >= 0.6 is 23.2 Å². The molecule has 7 heteroatoms. The fraction of sp³-hybridized carbons (Fsp3) is 0.588. The van der Waals surface area contributed by atoms with Crippen molar-refractivity contribution in [2.45, 2.75) is 31.8 Å². The molecule has 1 aliphatic heterocycles. The van der Waals surface area contributed by atoms with Crippen molar-refractivity contribution in [3.05, 3.63) is 27.7 Å². The number of methoxy groups -OCH3 is 1. The number of hydrogen-bond donors (Lipinski definition) is 1. The number of ether oxygens (including phenoxy) is 1. The van der Waals surface area contributed by atoms with E-state index >= 15 is 0 Å². The number of hydrogen-bond acceptors (Lipinski definition) is 4. The first-order valence-corrected chi connectivity index (χ1v) is 8.82. The molecule has 0 saturated carbocycles. The van der Waals surface area contributed by atoms with E-state index < -0.39 is 5.97 Å². The molecule has 1 fully saturated rings. The van der Waals surface area contributed by atoms with E-state index in [1.165, 1.54) is 0 Å². The topological polar surface area (TPSA) is 53.0 Å². The lowest BCUT2D eigenvalue weighted by Gasteiger charge is -2.26. The second-order valence-corrected chi connectivity index (χ2v) is 7.09. The van der Waals surface area contributed by atoms with Crippen LogP contribution in [-0.4, -0.2) is 60.7 Å². The number of likely N-dealkylation sites (N-methyl/N-ethyl adjacent to an activating group) is 1. The van der Waals surface area contributed by atoms with Gasteiger partial charge in [-0.15, -0.1) is 0 Å². The molecule has 1 atom stereocenters. The molecular formula is C17H24Cl2N2O3. The number of carboxylic acids is 1. The summed E-state index contributed by atoms with van der Waals surface area (Å²) in [7, 11) is 3.49. The minimum Gasteiger partial charge on any atom is -0.495 e. The van der Waals surface area contributed by atoms with Crippen molar-refractivity contribution in [1.29, 1.82) is 0 Å². The van der Waals surface area contributed by atoms with Gasteiger partial charge in [0.1, 0.15) is 5.75 Å². The van der Waals surface area contributed by atoms with Crippen LogP contribution in [0.1, 0.15) is 24.8 Å². The molecule has 134 valence electrons. The van der Waals surface area contributed by atoms with Gasteiger partial charge in [0.15, 0.2) is 0 Å². The SMILES string of the molecule is COc1c(Cl)cc(Cl)cc1CN1CCCC(N(C)CC(=O)O)CC1. The standard InChI is InChI=1S/C17H24Cl2N2O3/c1-20(11-16(22)23)14-4-3-6-21(7-5-14)10-12-8-13(18)9-15(19)17(12)24-2/h8-9,14H,3-7,10-11H2,1-2H3,(H,22,23). The summed E-state index contributed by atoms with van der Waals surface area (Å²) in [6.07, 6.45) is 2.99. The van der Waals surface area contributed by atoms with E-state index in [2.05, 4.69) is 4.90 Å². The van der Waals surface area contributed by atoms with Crippen LogP contribution < -0.4 is 4.74 Å². The molecular weight excluding hydrogens is 351 g/mol. The largest absolute Gasteiger partial charge is 0.495 e. The van der Waals surface area contributed by atoms with E-state index in [0.717, 1.165) is 44.5 Å². The monoisotopic (exact) mass is 374 g/mol. The number of likely N-dealkylation sites (tertiary alicyclic amines) is 1. The minimum atomic E-state index is -0.781. The molecule has 2 rings (SSSR count). The van der Waals surface area contributed by atoms with E-state index in [9.17, 15) is 4.79 Å². The average molecular weight is 375 g/mol. The summed E-state index contributed by atoms with van der Waals surface area (Å²) in [5.41, 5.74) is 0.979. The van der Waals surface area contributed by atoms with Crippen LogP contribution in [0.15, 0.2) is 12.1 Å². The highest BCUT2D eigenvalue weighted by Gasteiger charge is 2.22. The van der Waals surface area contributed by atoms with E-state index in [4.69, 9.17) is 33.0 Å². The van der Waals surface area contributed by atoms with E-state index in [-0.39, 0.29) is 6.54 Å². The van der Waals surface area contributed by atoms with Gasteiger partial charge in [0.2, 0.25) is 0 Å². The highest BCUT2D eigenvalue weighted by atomic mass is 35.5. The third-order valence-electron chi connectivity index (χ3n) is 4.48. The van der Waals surface area contributed by atoms with Gasteiger partial charge in [0.25, 0.3) is 0 Å². The third-order valence-corrected chi connectivity index (χ3v) is 4.98. The number of carboxylic acid groups (broad SMARTS) is 1. The van der Waals surface area contributed by atoms with Crippen LogP contribution in [-0.2, 0) is 11.3 Å². The lowest BCUT2D eigenvalue weighted by molar-refractivity contribution is -0.138. The summed E-state index contributed by atoms with van der Waals surface area (Å²) in [6, 6.07) is 3.88. The number of aliphatic carboxylic acids is 1. The summed E-state index contributed by atoms with van der Waals surface area (Å²) >= 11 is 12.3. The summed E-state index contributed by atoms with van der Waals surface area (Å²) in [4.78, 5) is 15.2. The zero-order valence-corrected chi connectivity index (χ0v) is 15.6. The van der Waals surface area contributed by atoms with Crippen molar-refractivity contribution >= 4 is 29.2 Å². The zero-order chi connectivity index (χ0) is 17.7. The molecule has 0 spiro atoms. The van der Waals surface area contributed by atoms with Crippen molar-refractivity contribution in [1.82, 2.24) is 9.80 Å². The Morgan fingerprint density at radius 1 is 1.38 bits per heavy atom. The van der Waals surface area contributed by atoms with Crippen molar-refractivity contribution in [3.8, 4) is 5.75 Å². The maximum atomic E-state index is 10.9. The quantitative estimate of drug-likeness (QED) is 0.826. The highest BCUT2D eigenvalue weighted by molar-refractivity contribution is 6.35. The molecule has 24 heavy (non-hydrogen) atoms. The van der Waals surface area contributed by atoms with Gasteiger partial charge in [-0.3, -0.25) is 14.6 Å². The first kappa shape index (κ1) is 19.3. The predicted molar refractivity (Wildman–Crippen MR) is 96.2 cm³/mol. The molecule has 1 heterocycles. The molecule has 1 aromatic rings. The number of rotatable bonds is 6. The third kappa shape index (κ3) is 5.24. The minimum absolute atomic E-state index is 0.0857. The van der Waals surface area contributed by atoms with Gasteiger partial charge >= 0.3 is 5.97 Å². The molecule has 0 amide bonds. The Hall–Kier alpha value is -1.01. The Morgan fingerprint density at radius 2 is 2.12 bits per heavy atom. The van der Waals surface area contributed by atoms with E-state index in [1.54, 1.807) is 13.2 Å². The maximum absolute atomic E-state index is 10.9. The molecule has 1 aliphatic rings. The molecule has 1 unspecified atom stereocenters. The van der Waals surface area contributed by atoms with E-state index in [0.29, 0.717) is 21.8 Å². The molecule has 5 nitrogen and oxygen atoms in total. The molecule has 0 radical (unpaired) electrons. The summed E-state index contributed by atoms with van der Waals surface area (Å²) in [6.45, 7) is 2.67. The molecule has 1 aromatic carbocycles. The van der Waals surface area contributed by atoms with Crippen LogP contribution in [0.2, 0.25) is 10.0 Å². The number of benzene rings is 1. The fourth-order valence-corrected chi connectivity index (χ4v) is 3.89. The number of carbonyl (C=O) groups is 1. The lowest BCUT2D eigenvalue weighted by Crippen LogP contribution is -2.36. The Morgan fingerprint density at radius 3 is 2.79 bits per heavy atom. The summed E-state index contributed by atoms with van der Waals surface area (Å²) in [5, 5.41) is 10.1. The Labute approximate surface area is 153 Å². The summed E-state index contributed by atoms with van der Waals surface area (Å²) in [5.74, 6) is -0.109. The average Bonchev–Trinajstić information content (AvgIpc) is 2.72. The van der Waals surface area contributed by atoms with Crippen LogP contribution in [0.5, 0.6) is 5.75 Å². The Kier molecular flexibility index (Phi) is 7.16. The van der Waals surface area contributed by atoms with Gasteiger partial charge in [-0.25, -0.2) is 0 Å². The fourth-order valence-electron chi connectivity index (χ4n) is 3.28. The van der Waals surface area contributed by atoms with Gasteiger partial charge in [-0.1, -0.05) is 23.2 Å². The zero-order valence-electron chi connectivity index (χ0n) is 14.1.